The summed E-state index contributed by atoms with van der Waals surface area (Å²) in [6.45, 7) is 2.64. The number of likely N-dealkylation sites (tertiary alicyclic amines) is 1. The second-order valence-electron chi connectivity index (χ2n) is 7.66. The molecule has 4 rings (SSSR count). The Kier molecular flexibility index (Phi) is 4.94. The van der Waals surface area contributed by atoms with Gasteiger partial charge in [-0.1, -0.05) is 24.3 Å². The molecule has 5 nitrogen and oxygen atoms in total. The highest BCUT2D eigenvalue weighted by molar-refractivity contribution is 5.36. The molecule has 0 bridgehead atoms. The molecule has 0 amide bonds. The van der Waals surface area contributed by atoms with Crippen molar-refractivity contribution in [3.05, 3.63) is 59.4 Å². The van der Waals surface area contributed by atoms with E-state index in [2.05, 4.69) is 26.9 Å². The van der Waals surface area contributed by atoms with Crippen LogP contribution in [0.25, 0.3) is 0 Å². The summed E-state index contributed by atoms with van der Waals surface area (Å²) in [5.41, 5.74) is 3.38. The number of ether oxygens (including phenoxy) is 1. The van der Waals surface area contributed by atoms with E-state index >= 15 is 0 Å². The minimum Gasteiger partial charge on any atom is -0.489 e. The van der Waals surface area contributed by atoms with E-state index in [9.17, 15) is 5.11 Å². The molecule has 1 fully saturated rings. The number of fused-ring (bicyclic) bond motifs is 1. The fourth-order valence-corrected chi connectivity index (χ4v) is 4.17. The molecule has 1 N–H and O–H groups in total. The number of pyridine rings is 1. The number of benzene rings is 1. The smallest absolute Gasteiger partial charge is 0.123 e. The van der Waals surface area contributed by atoms with Gasteiger partial charge < -0.3 is 14.7 Å². The van der Waals surface area contributed by atoms with Gasteiger partial charge in [-0.05, 0) is 44.1 Å². The van der Waals surface area contributed by atoms with Gasteiger partial charge in [-0.25, -0.2) is 0 Å². The van der Waals surface area contributed by atoms with E-state index in [1.807, 2.05) is 44.6 Å². The molecule has 1 aliphatic carbocycles. The monoisotopic (exact) mass is 353 g/mol. The van der Waals surface area contributed by atoms with Crippen LogP contribution >= 0.6 is 0 Å². The topological polar surface area (TPSA) is 48.8 Å². The van der Waals surface area contributed by atoms with Gasteiger partial charge in [0.1, 0.15) is 11.9 Å². The highest BCUT2D eigenvalue weighted by Gasteiger charge is 2.38. The van der Waals surface area contributed by atoms with Crippen molar-refractivity contribution in [2.75, 3.05) is 27.2 Å². The Labute approximate surface area is 155 Å². The van der Waals surface area contributed by atoms with Crippen molar-refractivity contribution in [1.29, 1.82) is 0 Å². The Morgan fingerprint density at radius 1 is 1.27 bits per heavy atom. The number of aliphatic hydroxyl groups is 1. The van der Waals surface area contributed by atoms with Crippen molar-refractivity contribution in [3.63, 3.8) is 0 Å². The van der Waals surface area contributed by atoms with E-state index in [4.69, 9.17) is 4.74 Å². The molecule has 138 valence electrons. The maximum Gasteiger partial charge on any atom is 0.123 e. The molecule has 3 unspecified atom stereocenters. The lowest BCUT2D eigenvalue weighted by molar-refractivity contribution is 0.0677. The highest BCUT2D eigenvalue weighted by atomic mass is 16.5. The predicted octanol–water partition coefficient (Wildman–Crippen LogP) is 2.25. The van der Waals surface area contributed by atoms with Gasteiger partial charge in [-0.2, -0.15) is 0 Å². The van der Waals surface area contributed by atoms with Crippen molar-refractivity contribution in [2.45, 2.75) is 37.6 Å². The Morgan fingerprint density at radius 2 is 2.12 bits per heavy atom. The summed E-state index contributed by atoms with van der Waals surface area (Å²) in [7, 11) is 4.07. The van der Waals surface area contributed by atoms with Gasteiger partial charge in [0.25, 0.3) is 0 Å². The molecule has 1 aliphatic heterocycles. The standard InChI is InChI=1S/C21H27N3O2/c1-23(2)13-16-12-17(7-9-22-16)26-18-8-10-24(14-18)20-11-15-5-3-4-6-19(15)21(20)25/h3-7,9,12,18,20-21,25H,8,10-11,13-14H2,1-2H3. The zero-order chi connectivity index (χ0) is 18.1. The van der Waals surface area contributed by atoms with Gasteiger partial charge in [0.05, 0.1) is 11.8 Å². The second kappa shape index (κ2) is 7.35. The molecule has 2 aliphatic rings. The molecule has 2 aromatic rings. The van der Waals surface area contributed by atoms with Crippen LogP contribution in [0.1, 0.15) is 29.3 Å². The third-order valence-corrected chi connectivity index (χ3v) is 5.38. The Hall–Kier alpha value is -1.95. The molecule has 0 saturated carbocycles. The second-order valence-corrected chi connectivity index (χ2v) is 7.66. The van der Waals surface area contributed by atoms with E-state index in [0.717, 1.165) is 49.5 Å². The molecule has 1 saturated heterocycles. The quantitative estimate of drug-likeness (QED) is 0.893. The number of rotatable bonds is 5. The largest absolute Gasteiger partial charge is 0.489 e. The number of hydrogen-bond acceptors (Lipinski definition) is 5. The minimum absolute atomic E-state index is 0.167. The van der Waals surface area contributed by atoms with Gasteiger partial charge >= 0.3 is 0 Å². The molecule has 0 spiro atoms. The fourth-order valence-electron chi connectivity index (χ4n) is 4.17. The SMILES string of the molecule is CN(C)Cc1cc(OC2CCN(C3Cc4ccccc4C3O)C2)ccn1. The molecular weight excluding hydrogens is 326 g/mol. The number of aromatic nitrogens is 1. The average Bonchev–Trinajstić information content (AvgIpc) is 3.20. The van der Waals surface area contributed by atoms with Crippen LogP contribution in [-0.2, 0) is 13.0 Å². The third kappa shape index (κ3) is 3.61. The number of aliphatic hydroxyl groups excluding tert-OH is 1. The third-order valence-electron chi connectivity index (χ3n) is 5.38. The number of nitrogens with zero attached hydrogens (tertiary/aromatic N) is 3. The van der Waals surface area contributed by atoms with Crippen LogP contribution in [0, 0.1) is 0 Å². The summed E-state index contributed by atoms with van der Waals surface area (Å²) in [5, 5.41) is 10.7. The summed E-state index contributed by atoms with van der Waals surface area (Å²) < 4.78 is 6.22. The first-order chi connectivity index (χ1) is 12.6. The van der Waals surface area contributed by atoms with Crippen molar-refractivity contribution in [2.24, 2.45) is 0 Å². The van der Waals surface area contributed by atoms with E-state index in [1.165, 1.54) is 5.56 Å². The van der Waals surface area contributed by atoms with Gasteiger partial charge in [0.2, 0.25) is 0 Å². The van der Waals surface area contributed by atoms with Gasteiger partial charge in [0.15, 0.2) is 0 Å². The predicted molar refractivity (Wildman–Crippen MR) is 101 cm³/mol. The lowest BCUT2D eigenvalue weighted by Crippen LogP contribution is -2.37. The maximum absolute atomic E-state index is 10.7. The normalized spacial score (nSPS) is 25.6. The van der Waals surface area contributed by atoms with Crippen LogP contribution in [0.15, 0.2) is 42.6 Å². The van der Waals surface area contributed by atoms with Crippen molar-refractivity contribution < 1.29 is 9.84 Å². The molecule has 26 heavy (non-hydrogen) atoms. The maximum atomic E-state index is 10.7. The first kappa shape index (κ1) is 17.5. The van der Waals surface area contributed by atoms with Crippen molar-refractivity contribution >= 4 is 0 Å². The van der Waals surface area contributed by atoms with E-state index in [0.29, 0.717) is 0 Å². The molecular formula is C21H27N3O2. The van der Waals surface area contributed by atoms with Crippen LogP contribution in [-0.4, -0.2) is 59.2 Å². The van der Waals surface area contributed by atoms with Crippen molar-refractivity contribution in [3.8, 4) is 5.75 Å². The van der Waals surface area contributed by atoms with Gasteiger partial charge in [0, 0.05) is 37.9 Å². The molecule has 2 heterocycles. The summed E-state index contributed by atoms with van der Waals surface area (Å²) in [5.74, 6) is 0.888. The first-order valence-electron chi connectivity index (χ1n) is 9.36. The van der Waals surface area contributed by atoms with E-state index in [-0.39, 0.29) is 12.1 Å². The zero-order valence-electron chi connectivity index (χ0n) is 15.5. The molecule has 3 atom stereocenters. The van der Waals surface area contributed by atoms with E-state index < -0.39 is 6.10 Å². The lowest BCUT2D eigenvalue weighted by atomic mass is 10.1. The van der Waals surface area contributed by atoms with E-state index in [1.54, 1.807) is 0 Å². The van der Waals surface area contributed by atoms with Gasteiger partial charge in [-0.15, -0.1) is 0 Å². The summed E-state index contributed by atoms with van der Waals surface area (Å²) in [6.07, 6.45) is 3.51. The summed E-state index contributed by atoms with van der Waals surface area (Å²) in [4.78, 5) is 8.89. The lowest BCUT2D eigenvalue weighted by Gasteiger charge is -2.26. The molecule has 0 radical (unpaired) electrons. The Morgan fingerprint density at radius 3 is 2.92 bits per heavy atom. The summed E-state index contributed by atoms with van der Waals surface area (Å²) >= 11 is 0. The van der Waals surface area contributed by atoms with Gasteiger partial charge in [-0.3, -0.25) is 9.88 Å². The Bertz CT molecular complexity index is 764. The number of hydrogen-bond donors (Lipinski definition) is 1. The molecule has 1 aromatic heterocycles. The van der Waals surface area contributed by atoms with Crippen LogP contribution in [0.4, 0.5) is 0 Å². The summed E-state index contributed by atoms with van der Waals surface area (Å²) in [6, 6.07) is 12.4. The first-order valence-corrected chi connectivity index (χ1v) is 9.36. The van der Waals surface area contributed by atoms with Crippen LogP contribution in [0.3, 0.4) is 0 Å². The average molecular weight is 353 g/mol. The zero-order valence-corrected chi connectivity index (χ0v) is 15.5. The van der Waals surface area contributed by atoms with Crippen LogP contribution in [0.2, 0.25) is 0 Å². The van der Waals surface area contributed by atoms with Crippen LogP contribution in [0.5, 0.6) is 5.75 Å². The Balaban J connectivity index is 1.38. The van der Waals surface area contributed by atoms with Crippen molar-refractivity contribution in [1.82, 2.24) is 14.8 Å². The molecule has 1 aromatic carbocycles. The minimum atomic E-state index is -0.391. The fraction of sp³-hybridized carbons (Fsp3) is 0.476. The van der Waals surface area contributed by atoms with Crippen LogP contribution < -0.4 is 4.74 Å². The molecule has 5 heteroatoms. The highest BCUT2D eigenvalue weighted by Crippen LogP contribution is 2.36.